The molecule has 0 spiro atoms. The third kappa shape index (κ3) is 1.77. The number of nitrogens with one attached hydrogen (secondary N) is 1. The lowest BCUT2D eigenvalue weighted by Gasteiger charge is -2.10. The Labute approximate surface area is 94.8 Å². The van der Waals surface area contributed by atoms with E-state index in [-0.39, 0.29) is 17.7 Å². The number of rotatable bonds is 3. The zero-order valence-corrected chi connectivity index (χ0v) is 9.12. The van der Waals surface area contributed by atoms with E-state index in [1.807, 2.05) is 0 Å². The summed E-state index contributed by atoms with van der Waals surface area (Å²) in [6, 6.07) is 0. The summed E-state index contributed by atoms with van der Waals surface area (Å²) in [6.45, 7) is -0.770. The van der Waals surface area contributed by atoms with E-state index in [1.54, 1.807) is 0 Å². The van der Waals surface area contributed by atoms with Crippen LogP contribution in [0.5, 0.6) is 0 Å². The zero-order chi connectivity index (χ0) is 12.6. The van der Waals surface area contributed by atoms with Gasteiger partial charge in [0.25, 0.3) is 5.56 Å². The van der Waals surface area contributed by atoms with Gasteiger partial charge in [-0.25, -0.2) is 9.78 Å². The number of imidazole rings is 1. The SMILES string of the molecule is Cn1c(=O)n(CC(O)CO)c(=O)c2[nH]cnc21. The first-order chi connectivity index (χ1) is 8.06. The van der Waals surface area contributed by atoms with Gasteiger partial charge in [-0.15, -0.1) is 0 Å². The summed E-state index contributed by atoms with van der Waals surface area (Å²) in [4.78, 5) is 30.2. The Hall–Kier alpha value is -1.93. The number of aryl methyl sites for hydroxylation is 1. The number of hydrogen-bond donors (Lipinski definition) is 3. The molecule has 2 rings (SSSR count). The molecule has 3 N–H and O–H groups in total. The van der Waals surface area contributed by atoms with Gasteiger partial charge >= 0.3 is 5.69 Å². The second-order valence-corrected chi connectivity index (χ2v) is 3.69. The largest absolute Gasteiger partial charge is 0.394 e. The van der Waals surface area contributed by atoms with Gasteiger partial charge in [0.1, 0.15) is 5.52 Å². The molecule has 0 aliphatic heterocycles. The van der Waals surface area contributed by atoms with Crippen molar-refractivity contribution in [1.82, 2.24) is 19.1 Å². The second-order valence-electron chi connectivity index (χ2n) is 3.69. The number of aromatic amines is 1. The van der Waals surface area contributed by atoms with Gasteiger partial charge in [-0.3, -0.25) is 13.9 Å². The molecule has 0 saturated heterocycles. The Morgan fingerprint density at radius 2 is 2.24 bits per heavy atom. The van der Waals surface area contributed by atoms with Crippen LogP contribution in [0.3, 0.4) is 0 Å². The van der Waals surface area contributed by atoms with Crippen LogP contribution in [-0.4, -0.2) is 42.0 Å². The summed E-state index contributed by atoms with van der Waals surface area (Å²) in [5.41, 5.74) is -0.692. The lowest BCUT2D eigenvalue weighted by Crippen LogP contribution is -2.42. The molecule has 92 valence electrons. The van der Waals surface area contributed by atoms with Crippen molar-refractivity contribution >= 4 is 11.2 Å². The van der Waals surface area contributed by atoms with E-state index in [9.17, 15) is 14.7 Å². The molecule has 0 bridgehead atoms. The van der Waals surface area contributed by atoms with Crippen molar-refractivity contribution < 1.29 is 10.2 Å². The third-order valence-electron chi connectivity index (χ3n) is 2.52. The van der Waals surface area contributed by atoms with Gasteiger partial charge in [0.05, 0.1) is 25.6 Å². The van der Waals surface area contributed by atoms with Gasteiger partial charge in [-0.1, -0.05) is 0 Å². The molecular formula is C9H12N4O4. The molecule has 0 aliphatic rings. The standard InChI is InChI=1S/C9H12N4O4/c1-12-7-6(10-4-11-7)8(16)13(9(12)17)2-5(15)3-14/h4-5,14-15H,2-3H2,1H3,(H,10,11). The number of aliphatic hydroxyl groups is 2. The molecule has 17 heavy (non-hydrogen) atoms. The number of aliphatic hydroxyl groups excluding tert-OH is 2. The van der Waals surface area contributed by atoms with E-state index in [1.165, 1.54) is 17.9 Å². The lowest BCUT2D eigenvalue weighted by atomic mass is 10.3. The Morgan fingerprint density at radius 3 is 2.88 bits per heavy atom. The summed E-state index contributed by atoms with van der Waals surface area (Å²) in [6.07, 6.45) is 0.166. The molecule has 2 aromatic rings. The van der Waals surface area contributed by atoms with Crippen molar-refractivity contribution in [3.05, 3.63) is 27.2 Å². The van der Waals surface area contributed by atoms with Crippen LogP contribution in [0.1, 0.15) is 0 Å². The highest BCUT2D eigenvalue weighted by molar-refractivity contribution is 5.68. The molecule has 1 unspecified atom stereocenters. The molecule has 2 aromatic heterocycles. The molecule has 0 aliphatic carbocycles. The topological polar surface area (TPSA) is 113 Å². The molecule has 2 heterocycles. The van der Waals surface area contributed by atoms with Crippen molar-refractivity contribution in [2.24, 2.45) is 7.05 Å². The number of H-pyrrole nitrogens is 1. The van der Waals surface area contributed by atoms with Crippen LogP contribution in [0.2, 0.25) is 0 Å². The molecule has 0 aromatic carbocycles. The quantitative estimate of drug-likeness (QED) is 0.562. The summed E-state index contributed by atoms with van der Waals surface area (Å²) in [5, 5.41) is 18.0. The number of hydrogen-bond acceptors (Lipinski definition) is 5. The molecule has 0 saturated carbocycles. The molecule has 0 amide bonds. The third-order valence-corrected chi connectivity index (χ3v) is 2.52. The van der Waals surface area contributed by atoms with Crippen molar-refractivity contribution in [3.63, 3.8) is 0 Å². The Bertz CT molecular complexity index is 653. The average molecular weight is 240 g/mol. The maximum Gasteiger partial charge on any atom is 0.332 e. The fourth-order valence-electron chi connectivity index (χ4n) is 1.62. The molecule has 8 heteroatoms. The highest BCUT2D eigenvalue weighted by atomic mass is 16.3. The van der Waals surface area contributed by atoms with Gasteiger partial charge in [0.15, 0.2) is 5.65 Å². The maximum atomic E-state index is 11.9. The lowest BCUT2D eigenvalue weighted by molar-refractivity contribution is 0.0791. The van der Waals surface area contributed by atoms with E-state index in [2.05, 4.69) is 9.97 Å². The van der Waals surface area contributed by atoms with Crippen LogP contribution in [0.25, 0.3) is 11.2 Å². The molecule has 0 radical (unpaired) electrons. The first-order valence-electron chi connectivity index (χ1n) is 4.98. The maximum absolute atomic E-state index is 11.9. The number of aromatic nitrogens is 4. The minimum absolute atomic E-state index is 0.192. The van der Waals surface area contributed by atoms with Crippen LogP contribution in [-0.2, 0) is 13.6 Å². The Balaban J connectivity index is 2.71. The summed E-state index contributed by atoms with van der Waals surface area (Å²) < 4.78 is 2.07. The fourth-order valence-corrected chi connectivity index (χ4v) is 1.62. The van der Waals surface area contributed by atoms with Crippen LogP contribution in [0.15, 0.2) is 15.9 Å². The van der Waals surface area contributed by atoms with Gasteiger partial charge in [-0.2, -0.15) is 0 Å². The fraction of sp³-hybridized carbons (Fsp3) is 0.444. The van der Waals surface area contributed by atoms with Crippen LogP contribution in [0.4, 0.5) is 0 Å². The molecule has 0 fully saturated rings. The molecule has 1 atom stereocenters. The zero-order valence-electron chi connectivity index (χ0n) is 9.12. The minimum atomic E-state index is -1.15. The smallest absolute Gasteiger partial charge is 0.332 e. The average Bonchev–Trinajstić information content (AvgIpc) is 2.80. The number of fused-ring (bicyclic) bond motifs is 1. The monoisotopic (exact) mass is 240 g/mol. The van der Waals surface area contributed by atoms with Crippen molar-refractivity contribution in [2.75, 3.05) is 6.61 Å². The van der Waals surface area contributed by atoms with Crippen molar-refractivity contribution in [2.45, 2.75) is 12.6 Å². The predicted octanol–water partition coefficient (Wildman–Crippen LogP) is -2.22. The highest BCUT2D eigenvalue weighted by Gasteiger charge is 2.15. The van der Waals surface area contributed by atoms with E-state index >= 15 is 0 Å². The first kappa shape index (κ1) is 11.6. The highest BCUT2D eigenvalue weighted by Crippen LogP contribution is 1.99. The number of nitrogens with zero attached hydrogens (tertiary/aromatic N) is 3. The van der Waals surface area contributed by atoms with Crippen LogP contribution >= 0.6 is 0 Å². The predicted molar refractivity (Wildman–Crippen MR) is 58.7 cm³/mol. The van der Waals surface area contributed by atoms with Crippen LogP contribution < -0.4 is 11.2 Å². The second kappa shape index (κ2) is 4.15. The van der Waals surface area contributed by atoms with Gasteiger partial charge in [0, 0.05) is 7.05 Å². The van der Waals surface area contributed by atoms with Gasteiger partial charge in [0.2, 0.25) is 0 Å². The molecule has 8 nitrogen and oxygen atoms in total. The van der Waals surface area contributed by atoms with E-state index < -0.39 is 24.0 Å². The van der Waals surface area contributed by atoms with E-state index in [0.29, 0.717) is 0 Å². The van der Waals surface area contributed by atoms with Crippen molar-refractivity contribution in [3.8, 4) is 0 Å². The van der Waals surface area contributed by atoms with E-state index in [4.69, 9.17) is 5.11 Å². The van der Waals surface area contributed by atoms with Crippen LogP contribution in [0, 0.1) is 0 Å². The Morgan fingerprint density at radius 1 is 1.53 bits per heavy atom. The summed E-state index contributed by atoms with van der Waals surface area (Å²) in [7, 11) is 1.48. The Kier molecular flexibility index (Phi) is 2.82. The normalized spacial score (nSPS) is 13.1. The summed E-state index contributed by atoms with van der Waals surface area (Å²) in [5.74, 6) is 0. The first-order valence-corrected chi connectivity index (χ1v) is 4.98. The van der Waals surface area contributed by atoms with Gasteiger partial charge < -0.3 is 15.2 Å². The van der Waals surface area contributed by atoms with Crippen molar-refractivity contribution in [1.29, 1.82) is 0 Å². The molecular weight excluding hydrogens is 228 g/mol. The summed E-state index contributed by atoms with van der Waals surface area (Å²) >= 11 is 0. The minimum Gasteiger partial charge on any atom is -0.394 e. The van der Waals surface area contributed by atoms with Gasteiger partial charge in [-0.05, 0) is 0 Å². The van der Waals surface area contributed by atoms with E-state index in [0.717, 1.165) is 4.57 Å².